The van der Waals surface area contributed by atoms with E-state index in [2.05, 4.69) is 19.2 Å². The lowest BCUT2D eigenvalue weighted by atomic mass is 9.99. The Kier molecular flexibility index (Phi) is 5.25. The number of hydrogen-bond donors (Lipinski definition) is 1. The Bertz CT molecular complexity index is 228. The van der Waals surface area contributed by atoms with E-state index in [1.807, 2.05) is 6.92 Å². The molecule has 1 aliphatic rings. The summed E-state index contributed by atoms with van der Waals surface area (Å²) in [6.07, 6.45) is -2.39. The number of alkyl halides is 3. The first-order valence-electron chi connectivity index (χ1n) is 6.36. The Labute approximate surface area is 102 Å². The Balaban J connectivity index is 2.55. The Morgan fingerprint density at radius 3 is 2.47 bits per heavy atom. The average Bonchev–Trinajstić information content (AvgIpc) is 2.14. The molecule has 1 heterocycles. The van der Waals surface area contributed by atoms with Gasteiger partial charge in [-0.25, -0.2) is 0 Å². The first-order valence-corrected chi connectivity index (χ1v) is 6.36. The van der Waals surface area contributed by atoms with Gasteiger partial charge in [-0.05, 0) is 18.8 Å². The maximum absolute atomic E-state index is 12.5. The molecule has 0 saturated carbocycles. The van der Waals surface area contributed by atoms with Crippen molar-refractivity contribution in [2.75, 3.05) is 19.6 Å². The highest BCUT2D eigenvalue weighted by molar-refractivity contribution is 4.86. The van der Waals surface area contributed by atoms with Crippen LogP contribution in [0.15, 0.2) is 0 Å². The third-order valence-corrected chi connectivity index (χ3v) is 3.22. The minimum Gasteiger partial charge on any atom is -0.311 e. The average molecular weight is 252 g/mol. The zero-order valence-electron chi connectivity index (χ0n) is 10.8. The van der Waals surface area contributed by atoms with Crippen LogP contribution >= 0.6 is 0 Å². The van der Waals surface area contributed by atoms with Gasteiger partial charge in [0.1, 0.15) is 0 Å². The van der Waals surface area contributed by atoms with Crippen LogP contribution in [0.1, 0.15) is 33.6 Å². The number of nitrogens with zero attached hydrogens (tertiary/aromatic N) is 1. The van der Waals surface area contributed by atoms with Crippen molar-refractivity contribution >= 4 is 0 Å². The molecule has 1 saturated heterocycles. The molecule has 1 N–H and O–H groups in total. The Morgan fingerprint density at radius 2 is 2.00 bits per heavy atom. The van der Waals surface area contributed by atoms with Crippen LogP contribution < -0.4 is 5.32 Å². The summed E-state index contributed by atoms with van der Waals surface area (Å²) in [6, 6.07) is 0.209. The van der Waals surface area contributed by atoms with Crippen LogP contribution in [0, 0.1) is 5.92 Å². The molecule has 0 aromatic carbocycles. The second-order valence-corrected chi connectivity index (χ2v) is 5.34. The maximum Gasteiger partial charge on any atom is 0.401 e. The van der Waals surface area contributed by atoms with E-state index in [-0.39, 0.29) is 12.1 Å². The molecule has 2 atom stereocenters. The van der Waals surface area contributed by atoms with E-state index < -0.39 is 12.7 Å². The Morgan fingerprint density at radius 1 is 1.35 bits per heavy atom. The number of rotatable bonds is 4. The van der Waals surface area contributed by atoms with E-state index in [1.165, 1.54) is 0 Å². The molecule has 1 aliphatic heterocycles. The standard InChI is InChI=1S/C12H23F3N2/c1-4-11-6-16-10(5-9(2)3)7-17(11)8-12(13,14)15/h9-11,16H,4-8H2,1-3H3. The molecule has 0 aromatic heterocycles. The zero-order valence-corrected chi connectivity index (χ0v) is 10.8. The molecule has 0 spiro atoms. The predicted molar refractivity (Wildman–Crippen MR) is 63.0 cm³/mol. The van der Waals surface area contributed by atoms with E-state index in [4.69, 9.17) is 0 Å². The summed E-state index contributed by atoms with van der Waals surface area (Å²) < 4.78 is 37.4. The van der Waals surface area contributed by atoms with Gasteiger partial charge in [-0.3, -0.25) is 4.90 Å². The van der Waals surface area contributed by atoms with Gasteiger partial charge in [0.05, 0.1) is 6.54 Å². The van der Waals surface area contributed by atoms with Crippen LogP contribution in [0.25, 0.3) is 0 Å². The minimum absolute atomic E-state index is 0.0139. The van der Waals surface area contributed by atoms with E-state index >= 15 is 0 Å². The lowest BCUT2D eigenvalue weighted by Crippen LogP contribution is -2.58. The fourth-order valence-electron chi connectivity index (χ4n) is 2.48. The molecule has 0 amide bonds. The third kappa shape index (κ3) is 5.25. The molecule has 0 aliphatic carbocycles. The first kappa shape index (κ1) is 14.8. The second kappa shape index (κ2) is 6.05. The number of hydrogen-bond acceptors (Lipinski definition) is 2. The summed E-state index contributed by atoms with van der Waals surface area (Å²) in [5.41, 5.74) is 0. The summed E-state index contributed by atoms with van der Waals surface area (Å²) >= 11 is 0. The van der Waals surface area contributed by atoms with Crippen LogP contribution in [0.3, 0.4) is 0 Å². The van der Waals surface area contributed by atoms with Crippen molar-refractivity contribution in [3.05, 3.63) is 0 Å². The molecular formula is C12H23F3N2. The van der Waals surface area contributed by atoms with Gasteiger partial charge in [0.25, 0.3) is 0 Å². The van der Waals surface area contributed by atoms with E-state index in [1.54, 1.807) is 4.90 Å². The normalized spacial score (nSPS) is 27.7. The highest BCUT2D eigenvalue weighted by atomic mass is 19.4. The first-order chi connectivity index (χ1) is 7.81. The highest BCUT2D eigenvalue weighted by Crippen LogP contribution is 2.22. The third-order valence-electron chi connectivity index (χ3n) is 3.22. The van der Waals surface area contributed by atoms with Crippen LogP contribution in [0.2, 0.25) is 0 Å². The van der Waals surface area contributed by atoms with Gasteiger partial charge in [0, 0.05) is 25.2 Å². The molecule has 102 valence electrons. The number of piperazine rings is 1. The predicted octanol–water partition coefficient (Wildman–Crippen LogP) is 2.65. The van der Waals surface area contributed by atoms with Gasteiger partial charge < -0.3 is 5.32 Å². The topological polar surface area (TPSA) is 15.3 Å². The molecular weight excluding hydrogens is 229 g/mol. The molecule has 5 heteroatoms. The van der Waals surface area contributed by atoms with Crippen LogP contribution in [0.4, 0.5) is 13.2 Å². The van der Waals surface area contributed by atoms with Gasteiger partial charge in [-0.2, -0.15) is 13.2 Å². The van der Waals surface area contributed by atoms with Gasteiger partial charge in [-0.15, -0.1) is 0 Å². The van der Waals surface area contributed by atoms with Gasteiger partial charge in [0.2, 0.25) is 0 Å². The van der Waals surface area contributed by atoms with Crippen LogP contribution in [0.5, 0.6) is 0 Å². The minimum atomic E-state index is -4.09. The van der Waals surface area contributed by atoms with E-state index in [9.17, 15) is 13.2 Å². The molecule has 17 heavy (non-hydrogen) atoms. The highest BCUT2D eigenvalue weighted by Gasteiger charge is 2.36. The summed E-state index contributed by atoms with van der Waals surface area (Å²) in [7, 11) is 0. The largest absolute Gasteiger partial charge is 0.401 e. The van der Waals surface area contributed by atoms with E-state index in [0.29, 0.717) is 19.0 Å². The number of halogens is 3. The zero-order chi connectivity index (χ0) is 13.1. The van der Waals surface area contributed by atoms with Crippen molar-refractivity contribution in [2.24, 2.45) is 5.92 Å². The van der Waals surface area contributed by atoms with Gasteiger partial charge in [0.15, 0.2) is 0 Å². The van der Waals surface area contributed by atoms with E-state index in [0.717, 1.165) is 12.8 Å². The lowest BCUT2D eigenvalue weighted by molar-refractivity contribution is -0.154. The fourth-order valence-corrected chi connectivity index (χ4v) is 2.48. The van der Waals surface area contributed by atoms with Crippen molar-refractivity contribution < 1.29 is 13.2 Å². The van der Waals surface area contributed by atoms with Crippen molar-refractivity contribution in [1.29, 1.82) is 0 Å². The quantitative estimate of drug-likeness (QED) is 0.827. The lowest BCUT2D eigenvalue weighted by Gasteiger charge is -2.41. The van der Waals surface area contributed by atoms with Crippen molar-refractivity contribution in [2.45, 2.75) is 51.9 Å². The smallest absolute Gasteiger partial charge is 0.311 e. The molecule has 1 rings (SSSR count). The van der Waals surface area contributed by atoms with Crippen LogP contribution in [-0.2, 0) is 0 Å². The van der Waals surface area contributed by atoms with Crippen molar-refractivity contribution in [1.82, 2.24) is 10.2 Å². The van der Waals surface area contributed by atoms with Gasteiger partial charge in [-0.1, -0.05) is 20.8 Å². The maximum atomic E-state index is 12.5. The molecule has 0 radical (unpaired) electrons. The number of nitrogens with one attached hydrogen (secondary N) is 1. The molecule has 2 nitrogen and oxygen atoms in total. The summed E-state index contributed by atoms with van der Waals surface area (Å²) in [5, 5.41) is 3.36. The second-order valence-electron chi connectivity index (χ2n) is 5.34. The molecule has 2 unspecified atom stereocenters. The van der Waals surface area contributed by atoms with Crippen LogP contribution in [-0.4, -0.2) is 42.8 Å². The summed E-state index contributed by atoms with van der Waals surface area (Å²) in [5.74, 6) is 0.512. The summed E-state index contributed by atoms with van der Waals surface area (Å²) in [4.78, 5) is 1.59. The monoisotopic (exact) mass is 252 g/mol. The molecule has 0 bridgehead atoms. The molecule has 1 fully saturated rings. The summed E-state index contributed by atoms with van der Waals surface area (Å²) in [6.45, 7) is 6.55. The van der Waals surface area contributed by atoms with Gasteiger partial charge >= 0.3 is 6.18 Å². The fraction of sp³-hybridized carbons (Fsp3) is 1.00. The SMILES string of the molecule is CCC1CNC(CC(C)C)CN1CC(F)(F)F. The Hall–Kier alpha value is -0.290. The van der Waals surface area contributed by atoms with Crippen molar-refractivity contribution in [3.8, 4) is 0 Å². The van der Waals surface area contributed by atoms with Crippen molar-refractivity contribution in [3.63, 3.8) is 0 Å². The molecule has 0 aromatic rings.